The van der Waals surface area contributed by atoms with Gasteiger partial charge in [0, 0.05) is 5.92 Å². The largest absolute Gasteiger partial charge is 0.465 e. The van der Waals surface area contributed by atoms with Crippen LogP contribution in [0.4, 0.5) is 0 Å². The van der Waals surface area contributed by atoms with Crippen molar-refractivity contribution in [3.05, 3.63) is 0 Å². The molecule has 3 rings (SSSR count). The van der Waals surface area contributed by atoms with Gasteiger partial charge in [0.2, 0.25) is 0 Å². The minimum absolute atomic E-state index is 0.0850. The molecule has 3 aliphatic rings. The van der Waals surface area contributed by atoms with E-state index in [1.807, 2.05) is 0 Å². The molecule has 0 aromatic carbocycles. The van der Waals surface area contributed by atoms with E-state index >= 15 is 0 Å². The van der Waals surface area contributed by atoms with Crippen LogP contribution < -0.4 is 0 Å². The lowest BCUT2D eigenvalue weighted by atomic mass is 9.80. The molecule has 0 radical (unpaired) electrons. The van der Waals surface area contributed by atoms with Crippen molar-refractivity contribution in [2.75, 3.05) is 6.61 Å². The van der Waals surface area contributed by atoms with Crippen LogP contribution in [-0.2, 0) is 19.1 Å². The first-order valence-electron chi connectivity index (χ1n) is 6.56. The highest BCUT2D eigenvalue weighted by Crippen LogP contribution is 2.68. The highest BCUT2D eigenvalue weighted by molar-refractivity contribution is 6.06. The summed E-state index contributed by atoms with van der Waals surface area (Å²) in [4.78, 5) is 23.9. The Labute approximate surface area is 101 Å². The zero-order chi connectivity index (χ0) is 12.1. The molecule has 2 atom stereocenters. The fourth-order valence-corrected chi connectivity index (χ4v) is 3.64. The van der Waals surface area contributed by atoms with Crippen molar-refractivity contribution in [3.63, 3.8) is 0 Å². The maximum atomic E-state index is 12.0. The second-order valence-corrected chi connectivity index (χ2v) is 5.46. The van der Waals surface area contributed by atoms with E-state index < -0.39 is 5.41 Å². The quantitative estimate of drug-likeness (QED) is 0.544. The third-order valence-electron chi connectivity index (χ3n) is 4.60. The summed E-state index contributed by atoms with van der Waals surface area (Å²) < 4.78 is 10.6. The Balaban J connectivity index is 1.84. The molecule has 1 spiro atoms. The Morgan fingerprint density at radius 3 is 2.71 bits per heavy atom. The molecule has 2 unspecified atom stereocenters. The first-order valence-corrected chi connectivity index (χ1v) is 6.56. The van der Waals surface area contributed by atoms with Gasteiger partial charge in [-0.1, -0.05) is 6.42 Å². The third kappa shape index (κ3) is 1.30. The summed E-state index contributed by atoms with van der Waals surface area (Å²) in [6.07, 6.45) is 5.89. The summed E-state index contributed by atoms with van der Waals surface area (Å²) in [6, 6.07) is 0. The molecule has 1 saturated heterocycles. The summed E-state index contributed by atoms with van der Waals surface area (Å²) in [5, 5.41) is 0. The third-order valence-corrected chi connectivity index (χ3v) is 4.60. The predicted octanol–water partition coefficient (Wildman–Crippen LogP) is 1.82. The lowest BCUT2D eigenvalue weighted by Crippen LogP contribution is -2.35. The van der Waals surface area contributed by atoms with Crippen LogP contribution >= 0.6 is 0 Å². The minimum atomic E-state index is -0.923. The highest BCUT2D eigenvalue weighted by Gasteiger charge is 2.80. The average Bonchev–Trinajstić information content (AvgIpc) is 3.03. The van der Waals surface area contributed by atoms with Gasteiger partial charge in [0.25, 0.3) is 0 Å². The smallest absolute Gasteiger partial charge is 0.324 e. The molecule has 94 valence electrons. The molecule has 1 heterocycles. The molecule has 2 aliphatic carbocycles. The van der Waals surface area contributed by atoms with E-state index in [2.05, 4.69) is 0 Å². The fourth-order valence-electron chi connectivity index (χ4n) is 3.64. The number of ether oxygens (including phenoxy) is 2. The summed E-state index contributed by atoms with van der Waals surface area (Å²) in [7, 11) is 0. The zero-order valence-corrected chi connectivity index (χ0v) is 10.2. The summed E-state index contributed by atoms with van der Waals surface area (Å²) in [5.41, 5.74) is -1.25. The van der Waals surface area contributed by atoms with E-state index in [4.69, 9.17) is 9.47 Å². The lowest BCUT2D eigenvalue weighted by Gasteiger charge is -2.33. The Morgan fingerprint density at radius 1 is 1.41 bits per heavy atom. The van der Waals surface area contributed by atoms with Crippen molar-refractivity contribution in [2.24, 2.45) is 11.3 Å². The number of carbonyl (C=O) groups is 2. The number of hydrogen-bond donors (Lipinski definition) is 0. The number of rotatable bonds is 2. The standard InChI is InChI=1S/C13H18O4/c1-2-16-10(14)13-8-9(13)12(17-11(13)15)6-4-3-5-7-12/h9H,2-8H2,1H3. The predicted molar refractivity (Wildman–Crippen MR) is 59.1 cm³/mol. The van der Waals surface area contributed by atoms with Gasteiger partial charge < -0.3 is 9.47 Å². The van der Waals surface area contributed by atoms with E-state index in [1.54, 1.807) is 6.92 Å². The van der Waals surface area contributed by atoms with Crippen LogP contribution in [0.25, 0.3) is 0 Å². The van der Waals surface area contributed by atoms with Crippen molar-refractivity contribution in [1.82, 2.24) is 0 Å². The SMILES string of the molecule is CCOC(=O)C12CC1C1(CCCCC1)OC2=O. The van der Waals surface area contributed by atoms with Crippen LogP contribution in [0, 0.1) is 11.3 Å². The Morgan fingerprint density at radius 2 is 2.12 bits per heavy atom. The van der Waals surface area contributed by atoms with Gasteiger partial charge in [-0.2, -0.15) is 0 Å². The minimum Gasteiger partial charge on any atom is -0.465 e. The van der Waals surface area contributed by atoms with Gasteiger partial charge in [0.15, 0.2) is 5.41 Å². The molecule has 0 aromatic heterocycles. The van der Waals surface area contributed by atoms with Gasteiger partial charge in [0.05, 0.1) is 6.61 Å². The molecule has 1 aliphatic heterocycles. The lowest BCUT2D eigenvalue weighted by molar-refractivity contribution is -0.165. The molecule has 3 fully saturated rings. The van der Waals surface area contributed by atoms with Crippen molar-refractivity contribution < 1.29 is 19.1 Å². The number of fused-ring (bicyclic) bond motifs is 2. The van der Waals surface area contributed by atoms with Crippen LogP contribution in [0.1, 0.15) is 45.4 Å². The van der Waals surface area contributed by atoms with Crippen molar-refractivity contribution >= 4 is 11.9 Å². The van der Waals surface area contributed by atoms with Crippen LogP contribution in [0.5, 0.6) is 0 Å². The molecule has 17 heavy (non-hydrogen) atoms. The van der Waals surface area contributed by atoms with Crippen LogP contribution in [0.2, 0.25) is 0 Å². The molecule has 4 nitrogen and oxygen atoms in total. The van der Waals surface area contributed by atoms with Crippen molar-refractivity contribution in [1.29, 1.82) is 0 Å². The first kappa shape index (κ1) is 11.1. The summed E-state index contributed by atoms with van der Waals surface area (Å²) >= 11 is 0. The molecular weight excluding hydrogens is 220 g/mol. The van der Waals surface area contributed by atoms with Gasteiger partial charge in [-0.15, -0.1) is 0 Å². The molecular formula is C13H18O4. The van der Waals surface area contributed by atoms with Crippen LogP contribution in [-0.4, -0.2) is 24.1 Å². The molecule has 0 aromatic rings. The highest BCUT2D eigenvalue weighted by atomic mass is 16.6. The normalized spacial score (nSPS) is 37.5. The zero-order valence-electron chi connectivity index (χ0n) is 10.2. The van der Waals surface area contributed by atoms with E-state index in [0.29, 0.717) is 13.0 Å². The first-order chi connectivity index (χ1) is 8.16. The molecule has 0 N–H and O–H groups in total. The van der Waals surface area contributed by atoms with E-state index in [0.717, 1.165) is 25.7 Å². The van der Waals surface area contributed by atoms with Gasteiger partial charge in [-0.25, -0.2) is 0 Å². The van der Waals surface area contributed by atoms with Gasteiger partial charge in [-0.3, -0.25) is 9.59 Å². The monoisotopic (exact) mass is 238 g/mol. The number of esters is 2. The Hall–Kier alpha value is -1.06. The second kappa shape index (κ2) is 3.47. The Bertz CT molecular complexity index is 370. The second-order valence-electron chi connectivity index (χ2n) is 5.46. The van der Waals surface area contributed by atoms with Gasteiger partial charge >= 0.3 is 11.9 Å². The topological polar surface area (TPSA) is 52.6 Å². The maximum absolute atomic E-state index is 12.0. The van der Waals surface area contributed by atoms with Crippen molar-refractivity contribution in [2.45, 2.75) is 51.0 Å². The van der Waals surface area contributed by atoms with Crippen LogP contribution in [0.15, 0.2) is 0 Å². The number of carbonyl (C=O) groups excluding carboxylic acids is 2. The summed E-state index contributed by atoms with van der Waals surface area (Å²) in [6.45, 7) is 2.09. The van der Waals surface area contributed by atoms with E-state index in [1.165, 1.54) is 6.42 Å². The molecule has 0 bridgehead atoms. The van der Waals surface area contributed by atoms with Crippen molar-refractivity contribution in [3.8, 4) is 0 Å². The average molecular weight is 238 g/mol. The van der Waals surface area contributed by atoms with Gasteiger partial charge in [-0.05, 0) is 39.0 Å². The summed E-state index contributed by atoms with van der Waals surface area (Å²) in [5.74, 6) is -0.609. The molecule has 2 saturated carbocycles. The number of hydrogen-bond acceptors (Lipinski definition) is 4. The van der Waals surface area contributed by atoms with E-state index in [-0.39, 0.29) is 23.5 Å². The van der Waals surface area contributed by atoms with E-state index in [9.17, 15) is 9.59 Å². The van der Waals surface area contributed by atoms with Gasteiger partial charge in [0.1, 0.15) is 5.60 Å². The molecule has 0 amide bonds. The Kier molecular flexibility index (Phi) is 2.25. The van der Waals surface area contributed by atoms with Crippen LogP contribution in [0.3, 0.4) is 0 Å². The fraction of sp³-hybridized carbons (Fsp3) is 0.846. The molecule has 4 heteroatoms. The maximum Gasteiger partial charge on any atom is 0.324 e.